The summed E-state index contributed by atoms with van der Waals surface area (Å²) in [5.74, 6) is 0. The van der Waals surface area contributed by atoms with Crippen molar-refractivity contribution in [3.8, 4) is 0 Å². The van der Waals surface area contributed by atoms with Crippen molar-refractivity contribution >= 4 is 20.8 Å². The molecule has 0 aromatic heterocycles. The van der Waals surface area contributed by atoms with Crippen LogP contribution in [-0.4, -0.2) is 35.0 Å². The molecule has 0 saturated carbocycles. The zero-order valence-corrected chi connectivity index (χ0v) is 13.7. The minimum atomic E-state index is -5.17. The van der Waals surface area contributed by atoms with Gasteiger partial charge in [0.25, 0.3) is 0 Å². The molecule has 0 N–H and O–H groups in total. The second kappa shape index (κ2) is 15.9. The summed E-state index contributed by atoms with van der Waals surface area (Å²) in [4.78, 5) is 0. The van der Waals surface area contributed by atoms with E-state index in [4.69, 9.17) is 35.0 Å². The Bertz CT molecular complexity index is 220. The summed E-state index contributed by atoms with van der Waals surface area (Å²) in [5, 5.41) is 0. The Labute approximate surface area is 150 Å². The van der Waals surface area contributed by atoms with Crippen LogP contribution in [0.1, 0.15) is 0 Å². The van der Waals surface area contributed by atoms with Crippen LogP contribution < -0.4 is 96.8 Å². The summed E-state index contributed by atoms with van der Waals surface area (Å²) in [6.45, 7) is 0. The largest absolute Gasteiger partial charge is 1.00 e. The van der Waals surface area contributed by atoms with Crippen LogP contribution in [0.4, 0.5) is 0 Å². The quantitative estimate of drug-likeness (QED) is 0.233. The molecule has 0 saturated heterocycles. The molecular formula is Li2Na2O8S2. The summed E-state index contributed by atoms with van der Waals surface area (Å²) >= 11 is 0. The summed E-state index contributed by atoms with van der Waals surface area (Å²) in [5.41, 5.74) is 0. The molecule has 0 radical (unpaired) electrons. The van der Waals surface area contributed by atoms with Crippen molar-refractivity contribution in [2.24, 2.45) is 0 Å². The van der Waals surface area contributed by atoms with E-state index in [9.17, 15) is 0 Å². The van der Waals surface area contributed by atoms with Gasteiger partial charge in [0.15, 0.2) is 0 Å². The Morgan fingerprint density at radius 1 is 0.571 bits per heavy atom. The predicted octanol–water partition coefficient (Wildman–Crippen LogP) is -14.7. The first kappa shape index (κ1) is 36.0. The van der Waals surface area contributed by atoms with Crippen LogP contribution in [0.2, 0.25) is 0 Å². The van der Waals surface area contributed by atoms with Gasteiger partial charge in [-0.2, -0.15) is 0 Å². The third-order valence-electron chi connectivity index (χ3n) is 0. The van der Waals surface area contributed by atoms with Gasteiger partial charge in [0, 0.05) is 20.8 Å². The van der Waals surface area contributed by atoms with Gasteiger partial charge in [-0.1, -0.05) is 0 Å². The molecule has 64 valence electrons. The van der Waals surface area contributed by atoms with Gasteiger partial charge in [-0.15, -0.1) is 0 Å². The molecule has 14 heteroatoms. The molecule has 0 aromatic carbocycles. The van der Waals surface area contributed by atoms with E-state index >= 15 is 0 Å². The standard InChI is InChI=1S/2Li.2Na.2H2O4S/c;;;;2*1-5(2,3)4/h;;;;2*(H2,1,2,3,4)/q4*+1;;/p-4. The molecule has 0 aromatic rings. The van der Waals surface area contributed by atoms with Crippen LogP contribution in [0.25, 0.3) is 0 Å². The van der Waals surface area contributed by atoms with Gasteiger partial charge in [0.2, 0.25) is 0 Å². The maximum absolute atomic E-state index is 8.52. The molecule has 8 nitrogen and oxygen atoms in total. The second-order valence-electron chi connectivity index (χ2n) is 0.816. The zero-order valence-electron chi connectivity index (χ0n) is 8.08. The fraction of sp³-hybridized carbons (Fsp3) is 0. The Balaban J connectivity index is -0.0000000178. The van der Waals surface area contributed by atoms with E-state index in [1.165, 1.54) is 0 Å². The topological polar surface area (TPSA) is 161 Å². The van der Waals surface area contributed by atoms with Gasteiger partial charge in [-0.25, -0.2) is 0 Å². The SMILES string of the molecule is O=S(=O)([O-])[O-].O=S(=O)([O-])[O-].[Li+].[Li+].[Na+].[Na+]. The Morgan fingerprint density at radius 2 is 0.571 bits per heavy atom. The van der Waals surface area contributed by atoms with Crippen molar-refractivity contribution in [2.45, 2.75) is 0 Å². The Morgan fingerprint density at radius 3 is 0.571 bits per heavy atom. The minimum absolute atomic E-state index is 0. The van der Waals surface area contributed by atoms with Gasteiger partial charge >= 0.3 is 96.8 Å². The third kappa shape index (κ3) is 337. The van der Waals surface area contributed by atoms with Crippen LogP contribution in [0.5, 0.6) is 0 Å². The molecule has 0 unspecified atom stereocenters. The first-order chi connectivity index (χ1) is 4.00. The molecule has 0 bridgehead atoms. The van der Waals surface area contributed by atoms with E-state index in [-0.39, 0.29) is 96.8 Å². The molecule has 0 heterocycles. The summed E-state index contributed by atoms with van der Waals surface area (Å²) in [6.07, 6.45) is 0. The van der Waals surface area contributed by atoms with Crippen molar-refractivity contribution in [2.75, 3.05) is 0 Å². The number of hydrogen-bond acceptors (Lipinski definition) is 8. The van der Waals surface area contributed by atoms with Crippen molar-refractivity contribution in [3.63, 3.8) is 0 Å². The maximum atomic E-state index is 8.52. The molecular weight excluding hydrogens is 252 g/mol. The predicted molar refractivity (Wildman–Crippen MR) is 20.9 cm³/mol. The molecule has 0 amide bonds. The van der Waals surface area contributed by atoms with Crippen LogP contribution in [0.15, 0.2) is 0 Å². The van der Waals surface area contributed by atoms with Gasteiger partial charge < -0.3 is 18.2 Å². The Kier molecular flexibility index (Phi) is 40.9. The van der Waals surface area contributed by atoms with Crippen LogP contribution in [0, 0.1) is 0 Å². The van der Waals surface area contributed by atoms with E-state index in [1.54, 1.807) is 0 Å². The second-order valence-corrected chi connectivity index (χ2v) is 2.45. The van der Waals surface area contributed by atoms with Crippen molar-refractivity contribution in [3.05, 3.63) is 0 Å². The van der Waals surface area contributed by atoms with Crippen LogP contribution >= 0.6 is 0 Å². The maximum Gasteiger partial charge on any atom is 1.00 e. The summed E-state index contributed by atoms with van der Waals surface area (Å²) in [6, 6.07) is 0. The molecule has 0 aliphatic heterocycles. The van der Waals surface area contributed by atoms with Gasteiger partial charge in [-0.3, -0.25) is 16.8 Å². The fourth-order valence-corrected chi connectivity index (χ4v) is 0. The molecule has 0 atom stereocenters. The number of hydrogen-bond donors (Lipinski definition) is 0. The Hall–Kier alpha value is 2.93. The molecule has 14 heavy (non-hydrogen) atoms. The van der Waals surface area contributed by atoms with Gasteiger partial charge in [-0.05, 0) is 0 Å². The molecule has 0 rings (SSSR count). The third-order valence-corrected chi connectivity index (χ3v) is 0. The van der Waals surface area contributed by atoms with Crippen LogP contribution in [-0.2, 0) is 20.8 Å². The van der Waals surface area contributed by atoms with Crippen LogP contribution in [0.3, 0.4) is 0 Å². The fourth-order valence-electron chi connectivity index (χ4n) is 0. The normalized spacial score (nSPS) is 8.29. The van der Waals surface area contributed by atoms with E-state index < -0.39 is 20.8 Å². The zero-order chi connectivity index (χ0) is 9.00. The van der Waals surface area contributed by atoms with E-state index in [1.807, 2.05) is 0 Å². The van der Waals surface area contributed by atoms with Gasteiger partial charge in [0.1, 0.15) is 0 Å². The molecule has 0 aliphatic rings. The molecule has 0 spiro atoms. The summed E-state index contributed by atoms with van der Waals surface area (Å²) in [7, 11) is -10.3. The van der Waals surface area contributed by atoms with E-state index in [2.05, 4.69) is 0 Å². The smallest absolute Gasteiger partial charge is 0.759 e. The van der Waals surface area contributed by atoms with Crippen molar-refractivity contribution in [1.82, 2.24) is 0 Å². The molecule has 0 aliphatic carbocycles. The van der Waals surface area contributed by atoms with E-state index in [0.717, 1.165) is 0 Å². The summed E-state index contributed by atoms with van der Waals surface area (Å²) < 4.78 is 68.2. The van der Waals surface area contributed by atoms with Crippen molar-refractivity contribution < 1.29 is 132 Å². The first-order valence-electron chi connectivity index (χ1n) is 1.33. The van der Waals surface area contributed by atoms with Crippen molar-refractivity contribution in [1.29, 1.82) is 0 Å². The number of rotatable bonds is 0. The average molecular weight is 252 g/mol. The van der Waals surface area contributed by atoms with E-state index in [0.29, 0.717) is 0 Å². The first-order valence-corrected chi connectivity index (χ1v) is 4.00. The molecule has 0 fully saturated rings. The monoisotopic (exact) mass is 252 g/mol. The average Bonchev–Trinajstić information content (AvgIpc) is 1.12. The minimum Gasteiger partial charge on any atom is -0.759 e. The van der Waals surface area contributed by atoms with Gasteiger partial charge in [0.05, 0.1) is 0 Å².